The molecule has 1 aromatic heterocycles. The van der Waals surface area contributed by atoms with Crippen molar-refractivity contribution in [2.24, 2.45) is 0 Å². The van der Waals surface area contributed by atoms with E-state index in [9.17, 15) is 9.18 Å². The summed E-state index contributed by atoms with van der Waals surface area (Å²) in [6.07, 6.45) is 3.38. The van der Waals surface area contributed by atoms with Crippen LogP contribution in [0.4, 0.5) is 20.7 Å². The van der Waals surface area contributed by atoms with Crippen LogP contribution in [0.3, 0.4) is 0 Å². The van der Waals surface area contributed by atoms with Crippen LogP contribution in [-0.4, -0.2) is 22.5 Å². The van der Waals surface area contributed by atoms with Crippen molar-refractivity contribution in [3.63, 3.8) is 0 Å². The van der Waals surface area contributed by atoms with Gasteiger partial charge in [-0.15, -0.1) is 0 Å². The fourth-order valence-corrected chi connectivity index (χ4v) is 2.84. The van der Waals surface area contributed by atoms with Gasteiger partial charge in [0.2, 0.25) is 0 Å². The minimum Gasteiger partial charge on any atom is -0.310 e. The summed E-state index contributed by atoms with van der Waals surface area (Å²) in [5.41, 5.74) is 2.91. The molecule has 2 aromatic carbocycles. The lowest BCUT2D eigenvalue weighted by atomic mass is 10.1. The number of halogens is 1. The molecular weight excluding hydrogens is 383 g/mol. The average molecular weight is 404 g/mol. The van der Waals surface area contributed by atoms with Crippen molar-refractivity contribution >= 4 is 17.5 Å². The van der Waals surface area contributed by atoms with Crippen molar-refractivity contribution in [1.29, 1.82) is 5.26 Å². The van der Waals surface area contributed by atoms with Crippen LogP contribution in [-0.2, 0) is 6.42 Å². The van der Waals surface area contributed by atoms with Gasteiger partial charge in [-0.3, -0.25) is 5.32 Å². The molecule has 0 saturated heterocycles. The highest BCUT2D eigenvalue weighted by Crippen LogP contribution is 2.14. The number of amides is 2. The summed E-state index contributed by atoms with van der Waals surface area (Å²) < 4.78 is 13.0. The zero-order chi connectivity index (χ0) is 21.3. The van der Waals surface area contributed by atoms with Gasteiger partial charge in [-0.2, -0.15) is 5.26 Å². The van der Waals surface area contributed by atoms with E-state index in [4.69, 9.17) is 5.26 Å². The van der Waals surface area contributed by atoms with Crippen LogP contribution < -0.4 is 16.0 Å². The van der Waals surface area contributed by atoms with Crippen LogP contribution in [0.1, 0.15) is 29.8 Å². The normalized spacial score (nSPS) is 11.4. The van der Waals surface area contributed by atoms with Crippen LogP contribution in [0, 0.1) is 17.1 Å². The molecule has 2 amide bonds. The molecule has 7 nitrogen and oxygen atoms in total. The highest BCUT2D eigenvalue weighted by atomic mass is 19.1. The van der Waals surface area contributed by atoms with Crippen LogP contribution in [0.5, 0.6) is 0 Å². The Morgan fingerprint density at radius 3 is 2.63 bits per heavy atom. The molecule has 1 heterocycles. The molecule has 3 rings (SSSR count). The molecule has 0 spiro atoms. The van der Waals surface area contributed by atoms with E-state index in [0.717, 1.165) is 24.1 Å². The van der Waals surface area contributed by atoms with Crippen molar-refractivity contribution < 1.29 is 9.18 Å². The number of carbonyl (C=O) groups is 1. The smallest absolute Gasteiger partial charge is 0.310 e. The standard InChI is InChI=1S/C22H21FN6O/c1-15(17-5-7-18(23)8-6-17)25-10-9-16-3-2-4-19(11-16)28-22(30)29-21-14-26-20(12-24)13-27-21/h2-8,11,13-15,25H,9-10H2,1H3,(H2,27,28,29,30). The van der Waals surface area contributed by atoms with Crippen molar-refractivity contribution in [2.75, 3.05) is 17.2 Å². The van der Waals surface area contributed by atoms with Crippen molar-refractivity contribution in [2.45, 2.75) is 19.4 Å². The van der Waals surface area contributed by atoms with E-state index in [1.807, 2.05) is 31.2 Å². The third-order valence-electron chi connectivity index (χ3n) is 4.43. The molecule has 0 aliphatic carbocycles. The van der Waals surface area contributed by atoms with Gasteiger partial charge < -0.3 is 10.6 Å². The predicted molar refractivity (Wildman–Crippen MR) is 112 cm³/mol. The Hall–Kier alpha value is -3.83. The molecule has 0 saturated carbocycles. The van der Waals surface area contributed by atoms with Crippen LogP contribution in [0.15, 0.2) is 60.9 Å². The summed E-state index contributed by atoms with van der Waals surface area (Å²) in [6, 6.07) is 15.5. The summed E-state index contributed by atoms with van der Waals surface area (Å²) in [5, 5.41) is 17.4. The number of rotatable bonds is 7. The third-order valence-corrected chi connectivity index (χ3v) is 4.43. The second-order valence-electron chi connectivity index (χ2n) is 6.66. The monoisotopic (exact) mass is 404 g/mol. The Morgan fingerprint density at radius 2 is 1.93 bits per heavy atom. The molecule has 0 aliphatic heterocycles. The van der Waals surface area contributed by atoms with E-state index in [0.29, 0.717) is 5.69 Å². The maximum Gasteiger partial charge on any atom is 0.324 e. The first kappa shape index (κ1) is 20.9. The minimum absolute atomic E-state index is 0.103. The van der Waals surface area contributed by atoms with Crippen LogP contribution >= 0.6 is 0 Å². The van der Waals surface area contributed by atoms with Gasteiger partial charge in [0.25, 0.3) is 0 Å². The molecule has 1 atom stereocenters. The van der Waals surface area contributed by atoms with Gasteiger partial charge in [0, 0.05) is 11.7 Å². The Balaban J connectivity index is 1.49. The Morgan fingerprint density at radius 1 is 1.13 bits per heavy atom. The highest BCUT2D eigenvalue weighted by molar-refractivity contribution is 5.99. The zero-order valence-corrected chi connectivity index (χ0v) is 16.4. The highest BCUT2D eigenvalue weighted by Gasteiger charge is 2.07. The summed E-state index contributed by atoms with van der Waals surface area (Å²) in [6.45, 7) is 2.76. The van der Waals surface area contributed by atoms with Gasteiger partial charge in [-0.05, 0) is 55.3 Å². The van der Waals surface area contributed by atoms with E-state index >= 15 is 0 Å². The number of aromatic nitrogens is 2. The zero-order valence-electron chi connectivity index (χ0n) is 16.4. The van der Waals surface area contributed by atoms with Crippen molar-refractivity contribution in [3.05, 3.63) is 83.6 Å². The van der Waals surface area contributed by atoms with E-state index in [1.54, 1.807) is 18.2 Å². The number of hydrogen-bond donors (Lipinski definition) is 3. The van der Waals surface area contributed by atoms with E-state index in [-0.39, 0.29) is 23.4 Å². The Labute approximate surface area is 174 Å². The number of anilines is 2. The SMILES string of the molecule is CC(NCCc1cccc(NC(=O)Nc2cnc(C#N)cn2)c1)c1ccc(F)cc1. The quantitative estimate of drug-likeness (QED) is 0.552. The number of nitrogens with one attached hydrogen (secondary N) is 3. The summed E-state index contributed by atoms with van der Waals surface area (Å²) in [7, 11) is 0. The largest absolute Gasteiger partial charge is 0.324 e. The number of carbonyl (C=O) groups excluding carboxylic acids is 1. The fourth-order valence-electron chi connectivity index (χ4n) is 2.84. The molecule has 152 valence electrons. The summed E-state index contributed by atoms with van der Waals surface area (Å²) in [4.78, 5) is 19.9. The van der Waals surface area contributed by atoms with Gasteiger partial charge in [0.1, 0.15) is 11.9 Å². The predicted octanol–water partition coefficient (Wildman–Crippen LogP) is 4.02. The van der Waals surface area contributed by atoms with E-state index < -0.39 is 6.03 Å². The van der Waals surface area contributed by atoms with Crippen LogP contribution in [0.25, 0.3) is 0 Å². The fraction of sp³-hybridized carbons (Fsp3) is 0.182. The first-order valence-electron chi connectivity index (χ1n) is 9.41. The Kier molecular flexibility index (Phi) is 7.03. The summed E-state index contributed by atoms with van der Waals surface area (Å²) in [5.74, 6) is 0.00663. The van der Waals surface area contributed by atoms with Gasteiger partial charge >= 0.3 is 6.03 Å². The average Bonchev–Trinajstić information content (AvgIpc) is 2.75. The molecular formula is C22H21FN6O. The van der Waals surface area contributed by atoms with Crippen LogP contribution in [0.2, 0.25) is 0 Å². The molecule has 1 unspecified atom stereocenters. The molecule has 0 radical (unpaired) electrons. The first-order chi connectivity index (χ1) is 14.5. The lowest BCUT2D eigenvalue weighted by molar-refractivity contribution is 0.262. The molecule has 30 heavy (non-hydrogen) atoms. The molecule has 3 N–H and O–H groups in total. The number of benzene rings is 2. The van der Waals surface area contributed by atoms with Gasteiger partial charge in [-0.25, -0.2) is 19.2 Å². The minimum atomic E-state index is -0.450. The van der Waals surface area contributed by atoms with Crippen molar-refractivity contribution in [1.82, 2.24) is 15.3 Å². The third kappa shape index (κ3) is 6.09. The summed E-state index contributed by atoms with van der Waals surface area (Å²) >= 11 is 0. The number of nitriles is 1. The van der Waals surface area contributed by atoms with Gasteiger partial charge in [-0.1, -0.05) is 24.3 Å². The molecule has 3 aromatic rings. The lowest BCUT2D eigenvalue weighted by Crippen LogP contribution is -2.22. The first-order valence-corrected chi connectivity index (χ1v) is 9.41. The van der Waals surface area contributed by atoms with Crippen molar-refractivity contribution in [3.8, 4) is 6.07 Å². The number of nitrogens with zero attached hydrogens (tertiary/aromatic N) is 3. The Bertz CT molecular complexity index is 1030. The van der Waals surface area contributed by atoms with Gasteiger partial charge in [0.05, 0.1) is 12.4 Å². The number of urea groups is 1. The number of hydrogen-bond acceptors (Lipinski definition) is 5. The maximum atomic E-state index is 13.0. The second-order valence-corrected chi connectivity index (χ2v) is 6.66. The van der Waals surface area contributed by atoms with E-state index in [1.165, 1.54) is 24.5 Å². The topological polar surface area (TPSA) is 103 Å². The lowest BCUT2D eigenvalue weighted by Gasteiger charge is -2.14. The molecule has 8 heteroatoms. The molecule has 0 aliphatic rings. The van der Waals surface area contributed by atoms with E-state index in [2.05, 4.69) is 25.9 Å². The second kappa shape index (κ2) is 10.1. The molecule has 0 fully saturated rings. The van der Waals surface area contributed by atoms with Gasteiger partial charge in [0.15, 0.2) is 11.5 Å². The maximum absolute atomic E-state index is 13.0. The molecule has 0 bridgehead atoms.